The smallest absolute Gasteiger partial charge is 0.336 e. The van der Waals surface area contributed by atoms with E-state index in [-0.39, 0.29) is 5.56 Å². The van der Waals surface area contributed by atoms with Gasteiger partial charge in [-0.15, -0.1) is 0 Å². The zero-order valence-electron chi connectivity index (χ0n) is 11.6. The van der Waals surface area contributed by atoms with Crippen LogP contribution < -0.4 is 0 Å². The standard InChI is InChI=1S/C17H11Cl2NO2/c1-9-2-7-13(19)15-12(17(21)22)8-14(20-16(9)15)10-3-5-11(18)6-4-10/h2-8H,1H3,(H,21,22). The molecule has 22 heavy (non-hydrogen) atoms. The van der Waals surface area contributed by atoms with Gasteiger partial charge < -0.3 is 5.11 Å². The van der Waals surface area contributed by atoms with Gasteiger partial charge in [0, 0.05) is 16.0 Å². The summed E-state index contributed by atoms with van der Waals surface area (Å²) in [6.07, 6.45) is 0. The maximum atomic E-state index is 11.6. The molecule has 0 saturated heterocycles. The fourth-order valence-electron chi connectivity index (χ4n) is 2.37. The van der Waals surface area contributed by atoms with E-state index in [9.17, 15) is 9.90 Å². The van der Waals surface area contributed by atoms with Gasteiger partial charge in [0.1, 0.15) is 0 Å². The lowest BCUT2D eigenvalue weighted by Crippen LogP contribution is -2.01. The molecule has 5 heteroatoms. The molecule has 0 saturated carbocycles. The molecular weight excluding hydrogens is 321 g/mol. The second-order valence-corrected chi connectivity index (χ2v) is 5.80. The normalized spacial score (nSPS) is 10.9. The molecule has 0 radical (unpaired) electrons. The molecule has 0 aliphatic rings. The average molecular weight is 332 g/mol. The number of aromatic nitrogens is 1. The van der Waals surface area contributed by atoms with Crippen LogP contribution in [0, 0.1) is 6.92 Å². The first-order chi connectivity index (χ1) is 10.5. The zero-order valence-corrected chi connectivity index (χ0v) is 13.1. The molecule has 1 heterocycles. The minimum Gasteiger partial charge on any atom is -0.478 e. The summed E-state index contributed by atoms with van der Waals surface area (Å²) in [7, 11) is 0. The third-order valence-corrected chi connectivity index (χ3v) is 4.05. The number of rotatable bonds is 2. The van der Waals surface area contributed by atoms with Crippen molar-refractivity contribution >= 4 is 40.1 Å². The number of hydrogen-bond acceptors (Lipinski definition) is 2. The molecule has 0 unspecified atom stereocenters. The van der Waals surface area contributed by atoms with Crippen LogP contribution in [0.25, 0.3) is 22.2 Å². The van der Waals surface area contributed by atoms with Crippen LogP contribution in [0.2, 0.25) is 10.0 Å². The predicted molar refractivity (Wildman–Crippen MR) is 88.9 cm³/mol. The lowest BCUT2D eigenvalue weighted by molar-refractivity contribution is 0.0699. The van der Waals surface area contributed by atoms with Crippen LogP contribution in [0.15, 0.2) is 42.5 Å². The second kappa shape index (κ2) is 5.59. The van der Waals surface area contributed by atoms with E-state index in [1.165, 1.54) is 0 Å². The third kappa shape index (κ3) is 2.54. The molecule has 1 aromatic heterocycles. The molecule has 3 aromatic rings. The van der Waals surface area contributed by atoms with Crippen molar-refractivity contribution in [2.24, 2.45) is 0 Å². The number of aromatic carboxylic acids is 1. The Kier molecular flexibility index (Phi) is 3.77. The number of pyridine rings is 1. The Morgan fingerprint density at radius 3 is 2.41 bits per heavy atom. The van der Waals surface area contributed by atoms with Crippen molar-refractivity contribution in [2.75, 3.05) is 0 Å². The Morgan fingerprint density at radius 1 is 1.09 bits per heavy atom. The van der Waals surface area contributed by atoms with E-state index in [1.54, 1.807) is 24.3 Å². The molecule has 0 fully saturated rings. The van der Waals surface area contributed by atoms with Crippen molar-refractivity contribution in [1.29, 1.82) is 0 Å². The number of carboxylic acids is 1. The molecule has 2 aromatic carbocycles. The maximum absolute atomic E-state index is 11.6. The Labute approximate surface area is 137 Å². The number of halogens is 2. The Morgan fingerprint density at radius 2 is 1.77 bits per heavy atom. The summed E-state index contributed by atoms with van der Waals surface area (Å²) in [4.78, 5) is 16.2. The summed E-state index contributed by atoms with van der Waals surface area (Å²) < 4.78 is 0. The molecule has 0 aliphatic heterocycles. The molecule has 1 N–H and O–H groups in total. The van der Waals surface area contributed by atoms with E-state index in [4.69, 9.17) is 23.2 Å². The summed E-state index contributed by atoms with van der Waals surface area (Å²) in [6, 6.07) is 12.2. The van der Waals surface area contributed by atoms with Crippen molar-refractivity contribution in [3.63, 3.8) is 0 Å². The van der Waals surface area contributed by atoms with Crippen molar-refractivity contribution < 1.29 is 9.90 Å². The molecule has 3 rings (SSSR count). The monoisotopic (exact) mass is 331 g/mol. The highest BCUT2D eigenvalue weighted by molar-refractivity contribution is 6.36. The fourth-order valence-corrected chi connectivity index (χ4v) is 2.75. The van der Waals surface area contributed by atoms with Gasteiger partial charge >= 0.3 is 5.97 Å². The van der Waals surface area contributed by atoms with E-state index >= 15 is 0 Å². The first-order valence-electron chi connectivity index (χ1n) is 6.56. The number of benzene rings is 2. The van der Waals surface area contributed by atoms with Crippen LogP contribution in [-0.2, 0) is 0 Å². The lowest BCUT2D eigenvalue weighted by Gasteiger charge is -2.10. The number of carboxylic acid groups (broad SMARTS) is 1. The van der Waals surface area contributed by atoms with Crippen molar-refractivity contribution in [1.82, 2.24) is 4.98 Å². The average Bonchev–Trinajstić information content (AvgIpc) is 2.50. The number of aryl methyl sites for hydroxylation is 1. The summed E-state index contributed by atoms with van der Waals surface area (Å²) in [5.74, 6) is -1.03. The highest BCUT2D eigenvalue weighted by atomic mass is 35.5. The summed E-state index contributed by atoms with van der Waals surface area (Å²) in [6.45, 7) is 1.88. The highest BCUT2D eigenvalue weighted by Gasteiger charge is 2.16. The van der Waals surface area contributed by atoms with Gasteiger partial charge in [-0.05, 0) is 36.8 Å². The second-order valence-electron chi connectivity index (χ2n) is 4.95. The van der Waals surface area contributed by atoms with E-state index in [2.05, 4.69) is 4.98 Å². The van der Waals surface area contributed by atoms with Gasteiger partial charge in [-0.25, -0.2) is 9.78 Å². The predicted octanol–water partition coefficient (Wildman–Crippen LogP) is 5.22. The largest absolute Gasteiger partial charge is 0.478 e. The molecule has 110 valence electrons. The van der Waals surface area contributed by atoms with Crippen molar-refractivity contribution in [3.05, 3.63) is 63.6 Å². The van der Waals surface area contributed by atoms with Crippen molar-refractivity contribution in [2.45, 2.75) is 6.92 Å². The minimum absolute atomic E-state index is 0.142. The van der Waals surface area contributed by atoms with Crippen LogP contribution >= 0.6 is 23.2 Å². The van der Waals surface area contributed by atoms with Gasteiger partial charge in [0.05, 0.1) is 21.8 Å². The van der Waals surface area contributed by atoms with Crippen LogP contribution in [0.4, 0.5) is 0 Å². The topological polar surface area (TPSA) is 50.2 Å². The maximum Gasteiger partial charge on any atom is 0.336 e. The van der Waals surface area contributed by atoms with Gasteiger partial charge in [0.15, 0.2) is 0 Å². The first kappa shape index (κ1) is 14.8. The summed E-state index contributed by atoms with van der Waals surface area (Å²) in [5, 5.41) is 11.0. The van der Waals surface area contributed by atoms with E-state index in [0.717, 1.165) is 11.1 Å². The number of carbonyl (C=O) groups is 1. The molecule has 0 atom stereocenters. The molecule has 0 aliphatic carbocycles. The zero-order chi connectivity index (χ0) is 15.9. The molecule has 0 amide bonds. The van der Waals surface area contributed by atoms with Gasteiger partial charge in [0.2, 0.25) is 0 Å². The molecular formula is C17H11Cl2NO2. The van der Waals surface area contributed by atoms with Gasteiger partial charge in [-0.3, -0.25) is 0 Å². The number of fused-ring (bicyclic) bond motifs is 1. The van der Waals surface area contributed by atoms with Crippen LogP contribution in [-0.4, -0.2) is 16.1 Å². The summed E-state index contributed by atoms with van der Waals surface area (Å²) in [5.41, 5.74) is 2.99. The third-order valence-electron chi connectivity index (χ3n) is 3.48. The molecule has 3 nitrogen and oxygen atoms in total. The summed E-state index contributed by atoms with van der Waals surface area (Å²) >= 11 is 12.1. The van der Waals surface area contributed by atoms with Crippen LogP contribution in [0.3, 0.4) is 0 Å². The van der Waals surface area contributed by atoms with Crippen LogP contribution in [0.5, 0.6) is 0 Å². The van der Waals surface area contributed by atoms with Crippen LogP contribution in [0.1, 0.15) is 15.9 Å². The highest BCUT2D eigenvalue weighted by Crippen LogP contribution is 2.32. The van der Waals surface area contributed by atoms with E-state index in [1.807, 2.05) is 25.1 Å². The Balaban J connectivity index is 2.36. The van der Waals surface area contributed by atoms with Crippen molar-refractivity contribution in [3.8, 4) is 11.3 Å². The van der Waals surface area contributed by atoms with Gasteiger partial charge in [-0.2, -0.15) is 0 Å². The first-order valence-corrected chi connectivity index (χ1v) is 7.32. The van der Waals surface area contributed by atoms with E-state index in [0.29, 0.717) is 26.6 Å². The quantitative estimate of drug-likeness (QED) is 0.700. The van der Waals surface area contributed by atoms with Gasteiger partial charge in [-0.1, -0.05) is 41.4 Å². The molecule has 0 spiro atoms. The molecule has 0 bridgehead atoms. The Hall–Kier alpha value is -2.10. The lowest BCUT2D eigenvalue weighted by atomic mass is 10.0. The number of hydrogen-bond donors (Lipinski definition) is 1. The Bertz CT molecular complexity index is 889. The van der Waals surface area contributed by atoms with Gasteiger partial charge in [0.25, 0.3) is 0 Å². The fraction of sp³-hybridized carbons (Fsp3) is 0.0588. The minimum atomic E-state index is -1.03. The van der Waals surface area contributed by atoms with E-state index < -0.39 is 5.97 Å². The SMILES string of the molecule is Cc1ccc(Cl)c2c(C(=O)O)cc(-c3ccc(Cl)cc3)nc12. The number of nitrogens with zero attached hydrogens (tertiary/aromatic N) is 1.